The van der Waals surface area contributed by atoms with Crippen LogP contribution in [-0.2, 0) is 19.5 Å². The Kier molecular flexibility index (Phi) is 7.93. The topological polar surface area (TPSA) is 140 Å². The molecule has 0 spiro atoms. The minimum atomic E-state index is -4.09. The van der Waals surface area contributed by atoms with Crippen molar-refractivity contribution in [2.75, 3.05) is 39.3 Å². The maximum Gasteiger partial charge on any atom is 0.243 e. The van der Waals surface area contributed by atoms with Gasteiger partial charge >= 0.3 is 0 Å². The predicted octanol–water partition coefficient (Wildman–Crippen LogP) is 2.75. The number of ether oxygens (including phenoxy) is 4. The van der Waals surface area contributed by atoms with Crippen LogP contribution in [0.2, 0.25) is 5.02 Å². The lowest BCUT2D eigenvalue weighted by atomic mass is 10.1. The Labute approximate surface area is 214 Å². The molecule has 0 bridgehead atoms. The van der Waals surface area contributed by atoms with Gasteiger partial charge in [-0.15, -0.1) is 10.2 Å². The molecular weight excluding hydrogens is 512 g/mol. The normalized spacial score (nSPS) is 17.5. The molecule has 14 heteroatoms. The fraction of sp³-hybridized carbons (Fsp3) is 0.455. The molecule has 194 valence electrons. The van der Waals surface area contributed by atoms with Gasteiger partial charge in [-0.05, 0) is 25.5 Å². The van der Waals surface area contributed by atoms with Crippen molar-refractivity contribution in [1.82, 2.24) is 24.7 Å². The molecule has 0 saturated carbocycles. The van der Waals surface area contributed by atoms with Crippen LogP contribution < -0.4 is 14.2 Å². The van der Waals surface area contributed by atoms with E-state index in [0.29, 0.717) is 47.7 Å². The summed E-state index contributed by atoms with van der Waals surface area (Å²) in [5, 5.41) is 7.74. The molecular formula is C22H27ClN6O6S. The summed E-state index contributed by atoms with van der Waals surface area (Å²) >= 11 is 5.87. The molecule has 1 saturated heterocycles. The van der Waals surface area contributed by atoms with E-state index >= 15 is 0 Å². The van der Waals surface area contributed by atoms with Gasteiger partial charge in [0.25, 0.3) is 0 Å². The number of aromatic nitrogens is 5. The first-order valence-corrected chi connectivity index (χ1v) is 13.0. The van der Waals surface area contributed by atoms with E-state index in [1.807, 2.05) is 0 Å². The van der Waals surface area contributed by atoms with Crippen molar-refractivity contribution in [3.63, 3.8) is 0 Å². The monoisotopic (exact) mass is 538 g/mol. The Morgan fingerprint density at radius 2 is 1.81 bits per heavy atom. The number of methoxy groups -OCH3 is 3. The third kappa shape index (κ3) is 5.09. The minimum absolute atomic E-state index is 0.0292. The van der Waals surface area contributed by atoms with E-state index in [1.54, 1.807) is 22.8 Å². The van der Waals surface area contributed by atoms with Gasteiger partial charge < -0.3 is 18.9 Å². The molecule has 2 unspecified atom stereocenters. The maximum absolute atomic E-state index is 13.5. The van der Waals surface area contributed by atoms with Crippen molar-refractivity contribution in [3.8, 4) is 17.2 Å². The van der Waals surface area contributed by atoms with Crippen LogP contribution in [0.1, 0.15) is 37.0 Å². The van der Waals surface area contributed by atoms with Crippen molar-refractivity contribution in [3.05, 3.63) is 47.3 Å². The molecule has 4 rings (SSSR count). The van der Waals surface area contributed by atoms with Crippen molar-refractivity contribution in [2.45, 2.75) is 30.6 Å². The number of para-hydroxylation sites is 1. The lowest BCUT2D eigenvalue weighted by Crippen LogP contribution is -2.33. The quantitative estimate of drug-likeness (QED) is 0.409. The predicted molar refractivity (Wildman–Crippen MR) is 131 cm³/mol. The van der Waals surface area contributed by atoms with Crippen molar-refractivity contribution in [2.24, 2.45) is 0 Å². The Morgan fingerprint density at radius 1 is 1.14 bits per heavy atom. The molecule has 1 N–H and O–H groups in total. The summed E-state index contributed by atoms with van der Waals surface area (Å²) in [6.45, 7) is 2.48. The van der Waals surface area contributed by atoms with Crippen LogP contribution in [-0.4, -0.2) is 72.9 Å². The van der Waals surface area contributed by atoms with Crippen molar-refractivity contribution < 1.29 is 27.4 Å². The van der Waals surface area contributed by atoms with Gasteiger partial charge in [0.15, 0.2) is 5.82 Å². The van der Waals surface area contributed by atoms with E-state index in [2.05, 4.69) is 24.9 Å². The number of sulfonamides is 1. The van der Waals surface area contributed by atoms with Crippen LogP contribution in [0.5, 0.6) is 11.5 Å². The zero-order valence-electron chi connectivity index (χ0n) is 20.2. The fourth-order valence-corrected chi connectivity index (χ4v) is 5.22. The summed E-state index contributed by atoms with van der Waals surface area (Å²) < 4.78 is 53.4. The molecule has 3 heterocycles. The highest BCUT2D eigenvalue weighted by Gasteiger charge is 2.36. The van der Waals surface area contributed by atoms with Crippen LogP contribution >= 0.6 is 11.6 Å². The van der Waals surface area contributed by atoms with Crippen molar-refractivity contribution in [1.29, 1.82) is 0 Å². The Morgan fingerprint density at radius 3 is 2.36 bits per heavy atom. The second kappa shape index (κ2) is 10.9. The molecule has 3 aromatic rings. The van der Waals surface area contributed by atoms with Gasteiger partial charge in [0, 0.05) is 32.0 Å². The standard InChI is InChI=1S/C22H27ClN6O6S/c1-13(19(34-4)20-24-10-15(23)11-25-20)36(30,31)28-22-27-26-21(14-8-9-35-12-14)29(22)18-16(32-2)6-5-7-17(18)33-3/h5-7,10-11,13-14,19H,8-9,12H2,1-4H3,(H,27,28)/t13?,14-,19?/m0/s1. The van der Waals surface area contributed by atoms with Gasteiger partial charge in [0.1, 0.15) is 34.4 Å². The summed E-state index contributed by atoms with van der Waals surface area (Å²) in [7, 11) is 0.329. The average molecular weight is 539 g/mol. The van der Waals surface area contributed by atoms with E-state index in [-0.39, 0.29) is 17.7 Å². The number of nitrogens with one attached hydrogen (secondary N) is 1. The second-order valence-corrected chi connectivity index (χ2v) is 10.5. The van der Waals surface area contributed by atoms with Gasteiger partial charge in [0.2, 0.25) is 16.0 Å². The lowest BCUT2D eigenvalue weighted by Gasteiger charge is -2.23. The third-order valence-electron chi connectivity index (χ3n) is 5.91. The Bertz CT molecular complexity index is 1270. The van der Waals surface area contributed by atoms with Crippen LogP contribution in [0, 0.1) is 0 Å². The van der Waals surface area contributed by atoms with Crippen LogP contribution in [0.4, 0.5) is 5.95 Å². The highest BCUT2D eigenvalue weighted by molar-refractivity contribution is 7.93. The number of benzene rings is 1. The number of hydrogen-bond acceptors (Lipinski definition) is 10. The highest BCUT2D eigenvalue weighted by Crippen LogP contribution is 2.38. The van der Waals surface area contributed by atoms with Crippen LogP contribution in [0.15, 0.2) is 30.6 Å². The molecule has 1 fully saturated rings. The van der Waals surface area contributed by atoms with Gasteiger partial charge in [0.05, 0.1) is 25.8 Å². The number of hydrogen-bond donors (Lipinski definition) is 1. The van der Waals surface area contributed by atoms with Crippen molar-refractivity contribution >= 4 is 27.6 Å². The summed E-state index contributed by atoms with van der Waals surface area (Å²) in [5.74, 6) is 1.47. The van der Waals surface area contributed by atoms with Gasteiger partial charge in [-0.25, -0.2) is 18.4 Å². The first-order chi connectivity index (χ1) is 17.3. The number of nitrogens with zero attached hydrogens (tertiary/aromatic N) is 5. The summed E-state index contributed by atoms with van der Waals surface area (Å²) in [6.07, 6.45) is 2.49. The third-order valence-corrected chi connectivity index (χ3v) is 7.79. The molecule has 36 heavy (non-hydrogen) atoms. The van der Waals surface area contributed by atoms with E-state index in [4.69, 9.17) is 30.5 Å². The average Bonchev–Trinajstić information content (AvgIpc) is 3.54. The van der Waals surface area contributed by atoms with E-state index in [0.717, 1.165) is 0 Å². The lowest BCUT2D eigenvalue weighted by molar-refractivity contribution is 0.0950. The molecule has 1 aliphatic heterocycles. The zero-order chi connectivity index (χ0) is 25.9. The van der Waals surface area contributed by atoms with Gasteiger partial charge in [-0.3, -0.25) is 9.29 Å². The first kappa shape index (κ1) is 26.1. The summed E-state index contributed by atoms with van der Waals surface area (Å²) in [4.78, 5) is 8.24. The maximum atomic E-state index is 13.5. The van der Waals surface area contributed by atoms with Gasteiger partial charge in [-0.1, -0.05) is 17.7 Å². The molecule has 0 radical (unpaired) electrons. The number of anilines is 1. The van der Waals surface area contributed by atoms with E-state index in [1.165, 1.54) is 40.6 Å². The second-order valence-electron chi connectivity index (χ2n) is 8.06. The summed E-state index contributed by atoms with van der Waals surface area (Å²) in [5.41, 5.74) is 0.462. The smallest absolute Gasteiger partial charge is 0.243 e. The van der Waals surface area contributed by atoms with E-state index < -0.39 is 21.4 Å². The highest BCUT2D eigenvalue weighted by atomic mass is 35.5. The SMILES string of the molecule is COc1cccc(OC)c1-n1c(NS(=O)(=O)C(C)C(OC)c2ncc(Cl)cn2)nnc1[C@H]1CCOC1. The molecule has 0 amide bonds. The molecule has 1 aromatic carbocycles. The molecule has 2 aromatic heterocycles. The van der Waals surface area contributed by atoms with Crippen LogP contribution in [0.25, 0.3) is 5.69 Å². The fourth-order valence-electron chi connectivity index (χ4n) is 4.00. The molecule has 1 aliphatic rings. The first-order valence-electron chi connectivity index (χ1n) is 11.1. The minimum Gasteiger partial charge on any atom is -0.494 e. The van der Waals surface area contributed by atoms with E-state index in [9.17, 15) is 8.42 Å². The number of halogens is 1. The number of rotatable bonds is 10. The largest absolute Gasteiger partial charge is 0.494 e. The molecule has 12 nitrogen and oxygen atoms in total. The summed E-state index contributed by atoms with van der Waals surface area (Å²) in [6, 6.07) is 5.25. The Balaban J connectivity index is 1.77. The Hall–Kier alpha value is -3.00. The zero-order valence-corrected chi connectivity index (χ0v) is 21.8. The van der Waals surface area contributed by atoms with Crippen LogP contribution in [0.3, 0.4) is 0 Å². The van der Waals surface area contributed by atoms with Gasteiger partial charge in [-0.2, -0.15) is 0 Å². The molecule has 3 atom stereocenters. The molecule has 0 aliphatic carbocycles.